The van der Waals surface area contributed by atoms with Crippen molar-refractivity contribution in [3.05, 3.63) is 36.5 Å². The molecule has 0 saturated heterocycles. The third-order valence-electron chi connectivity index (χ3n) is 4.46. The van der Waals surface area contributed by atoms with Crippen LogP contribution in [0.5, 0.6) is 0 Å². The van der Waals surface area contributed by atoms with Gasteiger partial charge in [0, 0.05) is 17.3 Å². The van der Waals surface area contributed by atoms with Gasteiger partial charge in [-0.15, -0.1) is 0 Å². The second-order valence-electron chi connectivity index (χ2n) is 5.86. The van der Waals surface area contributed by atoms with E-state index in [1.54, 1.807) is 0 Å². The fourth-order valence-electron chi connectivity index (χ4n) is 3.31. The van der Waals surface area contributed by atoms with Gasteiger partial charge in [-0.05, 0) is 30.9 Å². The van der Waals surface area contributed by atoms with Crippen LogP contribution in [0, 0.1) is 5.92 Å². The van der Waals surface area contributed by atoms with Crippen molar-refractivity contribution >= 4 is 33.5 Å². The van der Waals surface area contributed by atoms with Crippen molar-refractivity contribution in [3.63, 3.8) is 0 Å². The molecule has 21 heavy (non-hydrogen) atoms. The number of nitrogens with one attached hydrogen (secondary N) is 1. The number of amidine groups is 1. The van der Waals surface area contributed by atoms with Crippen LogP contribution in [-0.4, -0.2) is 21.9 Å². The summed E-state index contributed by atoms with van der Waals surface area (Å²) in [7, 11) is 0. The largest absolute Gasteiger partial charge is 0.333 e. The maximum atomic E-state index is 4.95. The summed E-state index contributed by atoms with van der Waals surface area (Å²) in [5.41, 5.74) is 2.09. The van der Waals surface area contributed by atoms with Crippen LogP contribution in [0.25, 0.3) is 10.9 Å². The number of nitrogens with zero attached hydrogens (tertiary/aromatic N) is 2. The molecular formula is C17H19N3S. The summed E-state index contributed by atoms with van der Waals surface area (Å²) in [6.45, 7) is 0. The highest BCUT2D eigenvalue weighted by molar-refractivity contribution is 8.14. The minimum Gasteiger partial charge on any atom is -0.333 e. The number of hydrogen-bond donors (Lipinski definition) is 1. The number of fused-ring (bicyclic) bond motifs is 2. The maximum Gasteiger partial charge on any atom is 0.161 e. The van der Waals surface area contributed by atoms with Gasteiger partial charge >= 0.3 is 0 Å². The number of thioether (sulfide) groups is 1. The molecular weight excluding hydrogens is 278 g/mol. The molecule has 0 bridgehead atoms. The first-order valence-corrected chi connectivity index (χ1v) is 8.70. The lowest BCUT2D eigenvalue weighted by Gasteiger charge is -2.32. The first kappa shape index (κ1) is 13.1. The maximum absolute atomic E-state index is 4.95. The molecule has 1 saturated carbocycles. The van der Waals surface area contributed by atoms with Gasteiger partial charge in [0.1, 0.15) is 0 Å². The van der Waals surface area contributed by atoms with Crippen molar-refractivity contribution in [2.45, 2.75) is 31.7 Å². The zero-order chi connectivity index (χ0) is 14.1. The number of aliphatic imine (C=N–C) groups is 1. The Balaban J connectivity index is 1.61. The van der Waals surface area contributed by atoms with E-state index in [-0.39, 0.29) is 0 Å². The van der Waals surface area contributed by atoms with Crippen LogP contribution in [-0.2, 0) is 0 Å². The Kier molecular flexibility index (Phi) is 3.55. The summed E-state index contributed by atoms with van der Waals surface area (Å²) in [6, 6.07) is 10.9. The van der Waals surface area contributed by atoms with Crippen LogP contribution in [0.15, 0.2) is 41.5 Å². The van der Waals surface area contributed by atoms with Gasteiger partial charge in [-0.2, -0.15) is 0 Å². The summed E-state index contributed by atoms with van der Waals surface area (Å²) in [5.74, 6) is 1.99. The molecule has 1 aliphatic heterocycles. The van der Waals surface area contributed by atoms with E-state index in [9.17, 15) is 0 Å². The molecule has 0 spiro atoms. The number of rotatable bonds is 1. The summed E-state index contributed by atoms with van der Waals surface area (Å²) < 4.78 is 0. The predicted molar refractivity (Wildman–Crippen MR) is 91.0 cm³/mol. The van der Waals surface area contributed by atoms with E-state index in [4.69, 9.17) is 4.99 Å². The number of anilines is 1. The highest BCUT2D eigenvalue weighted by Gasteiger charge is 2.29. The average molecular weight is 297 g/mol. The van der Waals surface area contributed by atoms with Crippen molar-refractivity contribution in [3.8, 4) is 0 Å². The van der Waals surface area contributed by atoms with E-state index in [0.29, 0.717) is 6.04 Å². The highest BCUT2D eigenvalue weighted by atomic mass is 32.2. The topological polar surface area (TPSA) is 37.3 Å². The van der Waals surface area contributed by atoms with Crippen molar-refractivity contribution in [2.75, 3.05) is 11.1 Å². The molecule has 0 radical (unpaired) electrons. The van der Waals surface area contributed by atoms with Gasteiger partial charge in [0.05, 0.1) is 17.2 Å². The highest BCUT2D eigenvalue weighted by Crippen LogP contribution is 2.34. The van der Waals surface area contributed by atoms with E-state index in [0.717, 1.165) is 22.3 Å². The standard InChI is InChI=1S/C17H19N3S/c1-2-8-14-13(5-1)11-21-17(19-14)20-15-9-3-6-12-7-4-10-18-16(12)15/h3-4,6-7,9-10,13-14H,1-2,5,8,11H2,(H,19,20). The lowest BCUT2D eigenvalue weighted by atomic mass is 9.86. The minimum absolute atomic E-state index is 0.533. The van der Waals surface area contributed by atoms with E-state index in [1.165, 1.54) is 36.8 Å². The van der Waals surface area contributed by atoms with E-state index < -0.39 is 0 Å². The molecule has 1 fully saturated rings. The lowest BCUT2D eigenvalue weighted by Crippen LogP contribution is -2.31. The molecule has 2 unspecified atom stereocenters. The van der Waals surface area contributed by atoms with Crippen LogP contribution in [0.2, 0.25) is 0 Å². The molecule has 1 aromatic heterocycles. The number of para-hydroxylation sites is 1. The molecule has 2 heterocycles. The normalized spacial score (nSPS) is 25.2. The van der Waals surface area contributed by atoms with Crippen LogP contribution < -0.4 is 5.32 Å². The van der Waals surface area contributed by atoms with Crippen LogP contribution in [0.4, 0.5) is 5.69 Å². The van der Waals surface area contributed by atoms with Gasteiger partial charge in [-0.1, -0.05) is 42.8 Å². The second kappa shape index (κ2) is 5.68. The van der Waals surface area contributed by atoms with Gasteiger partial charge in [0.25, 0.3) is 0 Å². The van der Waals surface area contributed by atoms with Gasteiger partial charge in [0.15, 0.2) is 5.17 Å². The molecule has 3 nitrogen and oxygen atoms in total. The van der Waals surface area contributed by atoms with Gasteiger partial charge in [-0.3, -0.25) is 9.98 Å². The third kappa shape index (κ3) is 2.64. The molecule has 2 aromatic rings. The number of aromatic nitrogens is 1. The van der Waals surface area contributed by atoms with Crippen molar-refractivity contribution < 1.29 is 0 Å². The monoisotopic (exact) mass is 297 g/mol. The number of benzene rings is 1. The van der Waals surface area contributed by atoms with E-state index in [2.05, 4.69) is 34.6 Å². The Morgan fingerprint density at radius 3 is 3.00 bits per heavy atom. The zero-order valence-corrected chi connectivity index (χ0v) is 12.8. The second-order valence-corrected chi connectivity index (χ2v) is 6.87. The average Bonchev–Trinajstić information content (AvgIpc) is 2.55. The Hall–Kier alpha value is -1.55. The minimum atomic E-state index is 0.533. The quantitative estimate of drug-likeness (QED) is 0.852. The zero-order valence-electron chi connectivity index (χ0n) is 12.0. The molecule has 108 valence electrons. The van der Waals surface area contributed by atoms with E-state index in [1.807, 2.05) is 24.0 Å². The smallest absolute Gasteiger partial charge is 0.161 e. The van der Waals surface area contributed by atoms with Gasteiger partial charge < -0.3 is 5.32 Å². The van der Waals surface area contributed by atoms with Crippen LogP contribution in [0.1, 0.15) is 25.7 Å². The first-order valence-electron chi connectivity index (χ1n) is 7.71. The molecule has 2 aliphatic rings. The summed E-state index contributed by atoms with van der Waals surface area (Å²) in [5, 5.41) is 5.74. The molecule has 0 amide bonds. The molecule has 1 N–H and O–H groups in total. The Morgan fingerprint density at radius 1 is 1.10 bits per heavy atom. The number of hydrogen-bond acceptors (Lipinski definition) is 4. The molecule has 4 rings (SSSR count). The van der Waals surface area contributed by atoms with Crippen molar-refractivity contribution in [1.29, 1.82) is 0 Å². The van der Waals surface area contributed by atoms with Crippen LogP contribution >= 0.6 is 11.8 Å². The number of pyridine rings is 1. The fourth-order valence-corrected chi connectivity index (χ4v) is 4.47. The summed E-state index contributed by atoms with van der Waals surface area (Å²) >= 11 is 1.86. The first-order chi connectivity index (χ1) is 10.4. The Bertz CT molecular complexity index is 677. The molecule has 1 aromatic carbocycles. The lowest BCUT2D eigenvalue weighted by molar-refractivity contribution is 0.336. The Morgan fingerprint density at radius 2 is 2.00 bits per heavy atom. The van der Waals surface area contributed by atoms with Crippen LogP contribution in [0.3, 0.4) is 0 Å². The Labute approximate surface area is 129 Å². The van der Waals surface area contributed by atoms with Crippen molar-refractivity contribution in [1.82, 2.24) is 4.98 Å². The van der Waals surface area contributed by atoms with Gasteiger partial charge in [-0.25, -0.2) is 0 Å². The summed E-state index contributed by atoms with van der Waals surface area (Å²) in [4.78, 5) is 9.45. The molecule has 4 heteroatoms. The predicted octanol–water partition coefficient (Wildman–Crippen LogP) is 4.31. The van der Waals surface area contributed by atoms with Crippen molar-refractivity contribution in [2.24, 2.45) is 10.9 Å². The SMILES string of the molecule is c1cnc2c(NC3=NC4CCCCC4CS3)cccc2c1. The molecule has 2 atom stereocenters. The molecule has 1 aliphatic carbocycles. The van der Waals surface area contributed by atoms with E-state index >= 15 is 0 Å². The summed E-state index contributed by atoms with van der Waals surface area (Å²) in [6.07, 6.45) is 7.17. The third-order valence-corrected chi connectivity index (χ3v) is 5.54. The van der Waals surface area contributed by atoms with Gasteiger partial charge in [0.2, 0.25) is 0 Å². The fraction of sp³-hybridized carbons (Fsp3) is 0.412.